The largest absolute Gasteiger partial charge is 0.486 e. The zero-order valence-corrected chi connectivity index (χ0v) is 15.8. The minimum Gasteiger partial charge on any atom is -0.486 e. The lowest BCUT2D eigenvalue weighted by Gasteiger charge is -2.18. The highest BCUT2D eigenvalue weighted by Gasteiger charge is 2.17. The predicted octanol–water partition coefficient (Wildman–Crippen LogP) is 3.59. The number of nitrogens with one attached hydrogen (secondary N) is 1. The number of carbonyl (C=O) groups is 1. The van der Waals surface area contributed by atoms with Gasteiger partial charge in [-0.2, -0.15) is 0 Å². The summed E-state index contributed by atoms with van der Waals surface area (Å²) in [5.74, 6) is 1.59. The Labute approximate surface area is 163 Å². The van der Waals surface area contributed by atoms with Crippen LogP contribution in [0.25, 0.3) is 11.0 Å². The van der Waals surface area contributed by atoms with E-state index in [9.17, 15) is 4.79 Å². The van der Waals surface area contributed by atoms with Gasteiger partial charge in [0, 0.05) is 17.5 Å². The number of furan rings is 1. The minimum absolute atomic E-state index is 0.0146. The lowest BCUT2D eigenvalue weighted by Crippen LogP contribution is -2.27. The van der Waals surface area contributed by atoms with Crippen molar-refractivity contribution in [3.63, 3.8) is 0 Å². The van der Waals surface area contributed by atoms with Crippen LogP contribution in [0.2, 0.25) is 0 Å². The van der Waals surface area contributed by atoms with Gasteiger partial charge in [0.1, 0.15) is 18.8 Å². The van der Waals surface area contributed by atoms with E-state index in [-0.39, 0.29) is 5.91 Å². The number of fused-ring (bicyclic) bond motifs is 3. The van der Waals surface area contributed by atoms with Crippen molar-refractivity contribution in [2.24, 2.45) is 0 Å². The number of hydrogen-bond donors (Lipinski definition) is 1. The van der Waals surface area contributed by atoms with Gasteiger partial charge in [-0.1, -0.05) is 6.07 Å². The Bertz CT molecular complexity index is 1040. The molecule has 1 aromatic heterocycles. The molecule has 2 aliphatic rings. The normalized spacial score (nSPS) is 14.9. The molecule has 0 spiro atoms. The summed E-state index contributed by atoms with van der Waals surface area (Å²) in [5.41, 5.74) is 5.75. The van der Waals surface area contributed by atoms with Gasteiger partial charge < -0.3 is 19.2 Å². The van der Waals surface area contributed by atoms with Crippen LogP contribution >= 0.6 is 0 Å². The molecule has 5 rings (SSSR count). The Hall–Kier alpha value is -2.95. The van der Waals surface area contributed by atoms with Crippen molar-refractivity contribution >= 4 is 16.9 Å². The standard InChI is InChI=1S/C23H23NO4/c25-23(24-7-6-15-4-5-20-22(10-15)27-9-8-26-20)13-18-14-28-21-12-17-3-1-2-16(17)11-19(18)21/h4-5,10-12,14H,1-3,6-9,13H2,(H,24,25). The van der Waals surface area contributed by atoms with E-state index in [2.05, 4.69) is 17.4 Å². The molecular formula is C23H23NO4. The zero-order chi connectivity index (χ0) is 18.9. The van der Waals surface area contributed by atoms with E-state index in [1.54, 1.807) is 6.26 Å². The monoisotopic (exact) mass is 377 g/mol. The van der Waals surface area contributed by atoms with Gasteiger partial charge in [0.25, 0.3) is 0 Å². The highest BCUT2D eigenvalue weighted by molar-refractivity contribution is 5.88. The molecule has 0 unspecified atom stereocenters. The number of ether oxygens (including phenoxy) is 2. The van der Waals surface area contributed by atoms with E-state index < -0.39 is 0 Å². The van der Waals surface area contributed by atoms with Crippen LogP contribution in [-0.4, -0.2) is 25.7 Å². The van der Waals surface area contributed by atoms with E-state index in [4.69, 9.17) is 13.9 Å². The molecule has 144 valence electrons. The molecule has 3 aromatic rings. The smallest absolute Gasteiger partial charge is 0.224 e. The van der Waals surface area contributed by atoms with Crippen molar-refractivity contribution in [2.45, 2.75) is 32.1 Å². The Morgan fingerprint density at radius 2 is 1.82 bits per heavy atom. The number of aryl methyl sites for hydroxylation is 2. The van der Waals surface area contributed by atoms with Crippen molar-refractivity contribution in [1.82, 2.24) is 5.32 Å². The van der Waals surface area contributed by atoms with Crippen LogP contribution in [-0.2, 0) is 30.5 Å². The Morgan fingerprint density at radius 3 is 2.71 bits per heavy atom. The van der Waals surface area contributed by atoms with Crippen molar-refractivity contribution in [2.75, 3.05) is 19.8 Å². The van der Waals surface area contributed by atoms with E-state index in [1.165, 1.54) is 17.5 Å². The van der Waals surface area contributed by atoms with E-state index in [1.807, 2.05) is 18.2 Å². The van der Waals surface area contributed by atoms with Gasteiger partial charge in [-0.05, 0) is 66.6 Å². The number of rotatable bonds is 5. The van der Waals surface area contributed by atoms with E-state index in [0.29, 0.717) is 26.2 Å². The molecule has 1 N–H and O–H groups in total. The third kappa shape index (κ3) is 3.33. The molecule has 5 heteroatoms. The minimum atomic E-state index is 0.0146. The second-order valence-electron chi connectivity index (χ2n) is 7.49. The van der Waals surface area contributed by atoms with Gasteiger partial charge in [0.05, 0.1) is 12.7 Å². The van der Waals surface area contributed by atoms with Gasteiger partial charge in [-0.25, -0.2) is 0 Å². The molecular weight excluding hydrogens is 354 g/mol. The average molecular weight is 377 g/mol. The van der Waals surface area contributed by atoms with E-state index >= 15 is 0 Å². The van der Waals surface area contributed by atoms with Crippen molar-refractivity contribution in [3.05, 3.63) is 58.8 Å². The third-order valence-electron chi connectivity index (χ3n) is 5.56. The van der Waals surface area contributed by atoms with Crippen LogP contribution in [0.3, 0.4) is 0 Å². The second kappa shape index (κ2) is 7.23. The molecule has 28 heavy (non-hydrogen) atoms. The van der Waals surface area contributed by atoms with Crippen LogP contribution in [0.4, 0.5) is 0 Å². The summed E-state index contributed by atoms with van der Waals surface area (Å²) in [4.78, 5) is 12.4. The zero-order valence-electron chi connectivity index (χ0n) is 15.8. The maximum absolute atomic E-state index is 12.4. The van der Waals surface area contributed by atoms with Gasteiger partial charge in [-0.3, -0.25) is 4.79 Å². The quantitative estimate of drug-likeness (QED) is 0.738. The van der Waals surface area contributed by atoms with Gasteiger partial charge in [0.15, 0.2) is 11.5 Å². The maximum atomic E-state index is 12.4. The number of amides is 1. The first-order valence-corrected chi connectivity index (χ1v) is 9.93. The van der Waals surface area contributed by atoms with Crippen molar-refractivity contribution < 1.29 is 18.7 Å². The average Bonchev–Trinajstić information content (AvgIpc) is 3.33. The molecule has 0 bridgehead atoms. The number of carbonyl (C=O) groups excluding carboxylic acids is 1. The molecule has 1 amide bonds. The lowest BCUT2D eigenvalue weighted by molar-refractivity contribution is -0.120. The van der Waals surface area contributed by atoms with Gasteiger partial charge in [-0.15, -0.1) is 0 Å². The Balaban J connectivity index is 1.19. The van der Waals surface area contributed by atoms with Crippen molar-refractivity contribution in [1.29, 1.82) is 0 Å². The molecule has 1 aliphatic carbocycles. The third-order valence-corrected chi connectivity index (χ3v) is 5.56. The SMILES string of the molecule is O=C(Cc1coc2cc3c(cc12)CCC3)NCCc1ccc2c(c1)OCCO2. The van der Waals surface area contributed by atoms with E-state index in [0.717, 1.165) is 52.9 Å². The first-order chi connectivity index (χ1) is 13.8. The molecule has 1 aliphatic heterocycles. The molecule has 2 aromatic carbocycles. The fourth-order valence-electron chi connectivity index (χ4n) is 4.11. The second-order valence-corrected chi connectivity index (χ2v) is 7.49. The molecule has 2 heterocycles. The van der Waals surface area contributed by atoms with Crippen LogP contribution in [0.15, 0.2) is 41.0 Å². The fourth-order valence-corrected chi connectivity index (χ4v) is 4.11. The summed E-state index contributed by atoms with van der Waals surface area (Å²) in [6.45, 7) is 1.76. The molecule has 5 nitrogen and oxygen atoms in total. The first-order valence-electron chi connectivity index (χ1n) is 9.93. The Morgan fingerprint density at radius 1 is 1.00 bits per heavy atom. The van der Waals surface area contributed by atoms with Gasteiger partial charge in [0.2, 0.25) is 5.91 Å². The molecule has 0 fully saturated rings. The lowest BCUT2D eigenvalue weighted by atomic mass is 10.0. The fraction of sp³-hybridized carbons (Fsp3) is 0.348. The number of hydrogen-bond acceptors (Lipinski definition) is 4. The highest BCUT2D eigenvalue weighted by atomic mass is 16.6. The molecule has 0 atom stereocenters. The summed E-state index contributed by atoms with van der Waals surface area (Å²) in [5, 5.41) is 4.09. The van der Waals surface area contributed by atoms with Crippen LogP contribution in [0.5, 0.6) is 11.5 Å². The first kappa shape index (κ1) is 17.2. The van der Waals surface area contributed by atoms with Gasteiger partial charge >= 0.3 is 0 Å². The van der Waals surface area contributed by atoms with Crippen LogP contribution in [0.1, 0.15) is 28.7 Å². The predicted molar refractivity (Wildman–Crippen MR) is 106 cm³/mol. The maximum Gasteiger partial charge on any atom is 0.224 e. The van der Waals surface area contributed by atoms with Crippen LogP contribution < -0.4 is 14.8 Å². The summed E-state index contributed by atoms with van der Waals surface area (Å²) < 4.78 is 16.8. The number of benzene rings is 2. The topological polar surface area (TPSA) is 60.7 Å². The molecule has 0 saturated carbocycles. The summed E-state index contributed by atoms with van der Waals surface area (Å²) in [6, 6.07) is 10.3. The summed E-state index contributed by atoms with van der Waals surface area (Å²) in [7, 11) is 0. The van der Waals surface area contributed by atoms with Crippen molar-refractivity contribution in [3.8, 4) is 11.5 Å². The summed E-state index contributed by atoms with van der Waals surface area (Å²) in [6.07, 6.45) is 6.27. The Kier molecular flexibility index (Phi) is 4.43. The summed E-state index contributed by atoms with van der Waals surface area (Å²) >= 11 is 0. The molecule has 0 radical (unpaired) electrons. The van der Waals surface area contributed by atoms with Crippen LogP contribution in [0, 0.1) is 0 Å². The highest BCUT2D eigenvalue weighted by Crippen LogP contribution is 2.31. The molecule has 0 saturated heterocycles.